The normalized spacial score (nSPS) is 17.4. The van der Waals surface area contributed by atoms with Crippen LogP contribution in [0.15, 0.2) is 24.3 Å². The molecule has 0 radical (unpaired) electrons. The molecule has 4 N–H and O–H groups in total. The van der Waals surface area contributed by atoms with Crippen molar-refractivity contribution in [1.82, 2.24) is 5.32 Å². The minimum Gasteiger partial charge on any atom is -0.394 e. The third kappa shape index (κ3) is 3.66. The molecule has 1 saturated heterocycles. The number of carbonyl (C=O) groups excluding carboxylic acids is 1. The van der Waals surface area contributed by atoms with E-state index in [4.69, 9.17) is 5.11 Å². The maximum absolute atomic E-state index is 11.8. The third-order valence-electron chi connectivity index (χ3n) is 3.00. The van der Waals surface area contributed by atoms with Gasteiger partial charge in [-0.2, -0.15) is 0 Å². The number of benzene rings is 1. The van der Waals surface area contributed by atoms with Gasteiger partial charge in [-0.3, -0.25) is 4.79 Å². The Morgan fingerprint density at radius 1 is 1.47 bits per heavy atom. The fourth-order valence-corrected chi connectivity index (χ4v) is 1.96. The van der Waals surface area contributed by atoms with Gasteiger partial charge in [0.2, 0.25) is 5.91 Å². The molecule has 0 saturated carbocycles. The van der Waals surface area contributed by atoms with Crippen molar-refractivity contribution in [2.75, 3.05) is 43.0 Å². The number of amides is 1. The minimum absolute atomic E-state index is 0.0544. The molecule has 0 aromatic heterocycles. The van der Waals surface area contributed by atoms with Crippen molar-refractivity contribution >= 4 is 17.3 Å². The molecule has 2 rings (SSSR count). The van der Waals surface area contributed by atoms with Gasteiger partial charge in [-0.15, -0.1) is 0 Å². The molecule has 1 aliphatic heterocycles. The van der Waals surface area contributed by atoms with E-state index in [1.807, 2.05) is 24.3 Å². The Hall–Kier alpha value is -1.63. The Bertz CT molecular complexity index is 439. The van der Waals surface area contributed by atoms with Crippen molar-refractivity contribution in [1.29, 1.82) is 0 Å². The highest BCUT2D eigenvalue weighted by atomic mass is 16.3. The van der Waals surface area contributed by atoms with Crippen LogP contribution >= 0.6 is 0 Å². The zero-order valence-corrected chi connectivity index (χ0v) is 10.7. The Morgan fingerprint density at radius 2 is 2.32 bits per heavy atom. The molecular formula is C13H19N3O3. The van der Waals surface area contributed by atoms with Gasteiger partial charge >= 0.3 is 0 Å². The smallest absolute Gasteiger partial charge is 0.240 e. The Labute approximate surface area is 112 Å². The van der Waals surface area contributed by atoms with Crippen LogP contribution in [0.5, 0.6) is 0 Å². The van der Waals surface area contributed by atoms with Crippen molar-refractivity contribution in [2.24, 2.45) is 0 Å². The van der Waals surface area contributed by atoms with Crippen molar-refractivity contribution in [3.63, 3.8) is 0 Å². The summed E-state index contributed by atoms with van der Waals surface area (Å²) in [5.41, 5.74) is 1.66. The summed E-state index contributed by atoms with van der Waals surface area (Å²) < 4.78 is 0. The van der Waals surface area contributed by atoms with Gasteiger partial charge in [0.1, 0.15) is 0 Å². The molecule has 0 bridgehead atoms. The van der Waals surface area contributed by atoms with E-state index in [0.717, 1.165) is 17.9 Å². The van der Waals surface area contributed by atoms with Gasteiger partial charge in [-0.25, -0.2) is 0 Å². The summed E-state index contributed by atoms with van der Waals surface area (Å²) in [6, 6.07) is 7.47. The molecule has 19 heavy (non-hydrogen) atoms. The molecule has 104 valence electrons. The lowest BCUT2D eigenvalue weighted by Gasteiger charge is -2.27. The summed E-state index contributed by atoms with van der Waals surface area (Å²) in [5, 5.41) is 24.1. The fourth-order valence-electron chi connectivity index (χ4n) is 1.96. The lowest BCUT2D eigenvalue weighted by molar-refractivity contribution is -0.118. The molecule has 0 spiro atoms. The quantitative estimate of drug-likeness (QED) is 0.571. The standard InChI is InChI=1S/C13H19N3O3/c17-9-12(18)7-15-10-2-1-3-11(6-10)16-5-4-14-8-13(16)19/h1-3,6,12,14-15,17-18H,4-5,7-9H2. The second-order valence-corrected chi connectivity index (χ2v) is 4.49. The van der Waals surface area contributed by atoms with E-state index >= 15 is 0 Å². The number of rotatable bonds is 5. The van der Waals surface area contributed by atoms with Crippen LogP contribution < -0.4 is 15.5 Å². The van der Waals surface area contributed by atoms with Crippen LogP contribution in [0.4, 0.5) is 11.4 Å². The van der Waals surface area contributed by atoms with E-state index in [-0.39, 0.29) is 19.1 Å². The zero-order valence-electron chi connectivity index (χ0n) is 10.7. The summed E-state index contributed by atoms with van der Waals surface area (Å²) in [4.78, 5) is 13.5. The molecule has 0 aliphatic carbocycles. The third-order valence-corrected chi connectivity index (χ3v) is 3.00. The number of piperazine rings is 1. The van der Waals surface area contributed by atoms with Crippen LogP contribution in [0, 0.1) is 0 Å². The molecule has 1 amide bonds. The first kappa shape index (κ1) is 13.8. The van der Waals surface area contributed by atoms with E-state index < -0.39 is 6.10 Å². The number of hydrogen-bond acceptors (Lipinski definition) is 5. The molecule has 1 heterocycles. The predicted octanol–water partition coefficient (Wildman–Crippen LogP) is -0.612. The first-order valence-electron chi connectivity index (χ1n) is 6.34. The predicted molar refractivity (Wildman–Crippen MR) is 73.2 cm³/mol. The lowest BCUT2D eigenvalue weighted by Crippen LogP contribution is -2.48. The first-order chi connectivity index (χ1) is 9.20. The van der Waals surface area contributed by atoms with Crippen LogP contribution in [0.1, 0.15) is 0 Å². The van der Waals surface area contributed by atoms with Gasteiger partial charge < -0.3 is 25.7 Å². The van der Waals surface area contributed by atoms with Gasteiger partial charge in [0, 0.05) is 31.0 Å². The van der Waals surface area contributed by atoms with E-state index in [1.54, 1.807) is 4.90 Å². The summed E-state index contributed by atoms with van der Waals surface area (Å²) in [5.74, 6) is 0.0544. The molecular weight excluding hydrogens is 246 g/mol. The number of hydrogen-bond donors (Lipinski definition) is 4. The second kappa shape index (κ2) is 6.51. The summed E-state index contributed by atoms with van der Waals surface area (Å²) in [6.45, 7) is 1.80. The Balaban J connectivity index is 2.04. The number of aliphatic hydroxyl groups excluding tert-OH is 2. The van der Waals surface area contributed by atoms with E-state index in [9.17, 15) is 9.90 Å². The van der Waals surface area contributed by atoms with E-state index in [0.29, 0.717) is 13.1 Å². The van der Waals surface area contributed by atoms with Gasteiger partial charge in [-0.05, 0) is 18.2 Å². The monoisotopic (exact) mass is 265 g/mol. The van der Waals surface area contributed by atoms with Gasteiger partial charge in [0.05, 0.1) is 19.3 Å². The van der Waals surface area contributed by atoms with Gasteiger partial charge in [0.25, 0.3) is 0 Å². The number of anilines is 2. The Morgan fingerprint density at radius 3 is 3.05 bits per heavy atom. The number of nitrogens with zero attached hydrogens (tertiary/aromatic N) is 1. The highest BCUT2D eigenvalue weighted by molar-refractivity contribution is 5.95. The summed E-state index contributed by atoms with van der Waals surface area (Å²) in [6.07, 6.45) is -0.788. The zero-order chi connectivity index (χ0) is 13.7. The second-order valence-electron chi connectivity index (χ2n) is 4.49. The maximum Gasteiger partial charge on any atom is 0.240 e. The van der Waals surface area contributed by atoms with Crippen LogP contribution in [0.25, 0.3) is 0 Å². The summed E-state index contributed by atoms with van der Waals surface area (Å²) in [7, 11) is 0. The fraction of sp³-hybridized carbons (Fsp3) is 0.462. The average molecular weight is 265 g/mol. The minimum atomic E-state index is -0.788. The van der Waals surface area contributed by atoms with Crippen molar-refractivity contribution in [2.45, 2.75) is 6.10 Å². The van der Waals surface area contributed by atoms with Crippen LogP contribution in [0.2, 0.25) is 0 Å². The number of carbonyl (C=O) groups is 1. The number of aliphatic hydroxyl groups is 2. The molecule has 1 atom stereocenters. The highest BCUT2D eigenvalue weighted by Gasteiger charge is 2.19. The van der Waals surface area contributed by atoms with Crippen LogP contribution in [-0.4, -0.2) is 55.0 Å². The molecule has 1 aliphatic rings. The average Bonchev–Trinajstić information content (AvgIpc) is 2.45. The SMILES string of the molecule is O=C1CNCCN1c1cccc(NCC(O)CO)c1. The van der Waals surface area contributed by atoms with E-state index in [1.165, 1.54) is 0 Å². The highest BCUT2D eigenvalue weighted by Crippen LogP contribution is 2.20. The van der Waals surface area contributed by atoms with Gasteiger partial charge in [0.15, 0.2) is 0 Å². The summed E-state index contributed by atoms with van der Waals surface area (Å²) >= 11 is 0. The molecule has 1 unspecified atom stereocenters. The van der Waals surface area contributed by atoms with Crippen molar-refractivity contribution < 1.29 is 15.0 Å². The van der Waals surface area contributed by atoms with Gasteiger partial charge in [-0.1, -0.05) is 6.07 Å². The molecule has 6 nitrogen and oxygen atoms in total. The Kier molecular flexibility index (Phi) is 4.73. The topological polar surface area (TPSA) is 84.8 Å². The molecule has 1 aromatic rings. The lowest BCUT2D eigenvalue weighted by atomic mass is 10.2. The van der Waals surface area contributed by atoms with Crippen LogP contribution in [0.3, 0.4) is 0 Å². The van der Waals surface area contributed by atoms with E-state index in [2.05, 4.69) is 10.6 Å². The first-order valence-corrected chi connectivity index (χ1v) is 6.34. The van der Waals surface area contributed by atoms with Crippen molar-refractivity contribution in [3.8, 4) is 0 Å². The molecule has 1 fully saturated rings. The molecule has 6 heteroatoms. The maximum atomic E-state index is 11.8. The van der Waals surface area contributed by atoms with Crippen LogP contribution in [-0.2, 0) is 4.79 Å². The largest absolute Gasteiger partial charge is 0.394 e. The molecule has 1 aromatic carbocycles. The number of nitrogens with one attached hydrogen (secondary N) is 2. The van der Waals surface area contributed by atoms with Crippen molar-refractivity contribution in [3.05, 3.63) is 24.3 Å².